The van der Waals surface area contributed by atoms with Crippen LogP contribution in [0.2, 0.25) is 0 Å². The summed E-state index contributed by atoms with van der Waals surface area (Å²) in [4.78, 5) is 7.48. The molecule has 1 fully saturated rings. The molecule has 0 aromatic carbocycles. The maximum Gasteiger partial charge on any atom is 0.0110 e. The molecular weight excluding hydrogens is 254 g/mol. The van der Waals surface area contributed by atoms with Gasteiger partial charge in [0.15, 0.2) is 0 Å². The van der Waals surface area contributed by atoms with Crippen molar-refractivity contribution in [3.63, 3.8) is 0 Å². The first kappa shape index (κ1) is 17.3. The molecule has 1 rings (SSSR count). The Balaban J connectivity index is 2.29. The van der Waals surface area contributed by atoms with Crippen LogP contribution in [0.1, 0.15) is 20.8 Å². The van der Waals surface area contributed by atoms with Crippen molar-refractivity contribution in [1.82, 2.24) is 14.7 Å². The minimum atomic E-state index is 0.365. The highest BCUT2D eigenvalue weighted by Crippen LogP contribution is 2.27. The van der Waals surface area contributed by atoms with Crippen LogP contribution in [0.25, 0.3) is 0 Å². The molecule has 0 N–H and O–H groups in total. The van der Waals surface area contributed by atoms with Crippen molar-refractivity contribution in [2.75, 3.05) is 65.7 Å². The van der Waals surface area contributed by atoms with Gasteiger partial charge in [0.1, 0.15) is 0 Å². The SMILES string of the molecule is CN(C)CCN1CCN(CC(CS)C(C)(C)C)CC1. The number of likely N-dealkylation sites (N-methyl/N-ethyl adjacent to an activating group) is 1. The van der Waals surface area contributed by atoms with Gasteiger partial charge in [-0.1, -0.05) is 20.8 Å². The molecular formula is C15H33N3S. The summed E-state index contributed by atoms with van der Waals surface area (Å²) in [6.07, 6.45) is 0. The first-order valence-electron chi connectivity index (χ1n) is 7.53. The van der Waals surface area contributed by atoms with Gasteiger partial charge in [-0.3, -0.25) is 4.90 Å². The number of piperazine rings is 1. The van der Waals surface area contributed by atoms with Gasteiger partial charge in [-0.25, -0.2) is 0 Å². The monoisotopic (exact) mass is 287 g/mol. The molecule has 0 radical (unpaired) electrons. The Morgan fingerprint density at radius 1 is 1.05 bits per heavy atom. The number of thiol groups is 1. The van der Waals surface area contributed by atoms with Crippen molar-refractivity contribution in [2.45, 2.75) is 20.8 Å². The second-order valence-corrected chi connectivity index (χ2v) is 7.56. The smallest absolute Gasteiger partial charge is 0.0110 e. The lowest BCUT2D eigenvalue weighted by molar-refractivity contribution is 0.0934. The van der Waals surface area contributed by atoms with E-state index in [4.69, 9.17) is 0 Å². The predicted molar refractivity (Wildman–Crippen MR) is 88.2 cm³/mol. The number of nitrogens with zero attached hydrogens (tertiary/aromatic N) is 3. The summed E-state index contributed by atoms with van der Waals surface area (Å²) >= 11 is 4.54. The van der Waals surface area contributed by atoms with Gasteiger partial charge in [0.2, 0.25) is 0 Å². The van der Waals surface area contributed by atoms with Crippen LogP contribution in [0.15, 0.2) is 0 Å². The van der Waals surface area contributed by atoms with E-state index in [1.165, 1.54) is 45.8 Å². The average molecular weight is 288 g/mol. The van der Waals surface area contributed by atoms with Gasteiger partial charge in [0.25, 0.3) is 0 Å². The fourth-order valence-electron chi connectivity index (χ4n) is 2.45. The largest absolute Gasteiger partial charge is 0.308 e. The minimum absolute atomic E-state index is 0.365. The number of hydrogen-bond acceptors (Lipinski definition) is 4. The Hall–Kier alpha value is 0.230. The van der Waals surface area contributed by atoms with Crippen LogP contribution in [0.4, 0.5) is 0 Å². The van der Waals surface area contributed by atoms with Gasteiger partial charge < -0.3 is 9.80 Å². The molecule has 0 spiro atoms. The van der Waals surface area contributed by atoms with E-state index in [0.29, 0.717) is 11.3 Å². The van der Waals surface area contributed by atoms with E-state index in [0.717, 1.165) is 5.75 Å². The molecule has 1 heterocycles. The Morgan fingerprint density at radius 2 is 1.58 bits per heavy atom. The van der Waals surface area contributed by atoms with Gasteiger partial charge in [0, 0.05) is 45.8 Å². The number of rotatable bonds is 6. The van der Waals surface area contributed by atoms with Gasteiger partial charge in [-0.2, -0.15) is 12.6 Å². The van der Waals surface area contributed by atoms with Crippen molar-refractivity contribution in [2.24, 2.45) is 11.3 Å². The number of hydrogen-bond donors (Lipinski definition) is 1. The van der Waals surface area contributed by atoms with E-state index in [2.05, 4.69) is 62.2 Å². The molecule has 0 amide bonds. The lowest BCUT2D eigenvalue weighted by Gasteiger charge is -2.39. The van der Waals surface area contributed by atoms with E-state index < -0.39 is 0 Å². The fraction of sp³-hybridized carbons (Fsp3) is 1.00. The zero-order chi connectivity index (χ0) is 14.5. The van der Waals surface area contributed by atoms with Crippen LogP contribution < -0.4 is 0 Å². The molecule has 1 atom stereocenters. The standard InChI is InChI=1S/C15H33N3S/c1-15(2,3)14(13-19)12-18-10-8-17(9-11-18)7-6-16(4)5/h14,19H,6-13H2,1-5H3. The molecule has 4 heteroatoms. The van der Waals surface area contributed by atoms with Crippen molar-refractivity contribution >= 4 is 12.6 Å². The topological polar surface area (TPSA) is 9.72 Å². The molecule has 1 aliphatic rings. The third kappa shape index (κ3) is 6.48. The van der Waals surface area contributed by atoms with Crippen LogP contribution in [0.3, 0.4) is 0 Å². The highest BCUT2D eigenvalue weighted by Gasteiger charge is 2.27. The highest BCUT2D eigenvalue weighted by molar-refractivity contribution is 7.80. The third-order valence-corrected chi connectivity index (χ3v) is 4.69. The van der Waals surface area contributed by atoms with Crippen molar-refractivity contribution in [3.8, 4) is 0 Å². The lowest BCUT2D eigenvalue weighted by atomic mass is 9.81. The Kier molecular flexibility index (Phi) is 7.15. The van der Waals surface area contributed by atoms with Gasteiger partial charge in [0.05, 0.1) is 0 Å². The van der Waals surface area contributed by atoms with E-state index in [1.54, 1.807) is 0 Å². The zero-order valence-electron chi connectivity index (χ0n) is 13.5. The Labute approximate surface area is 125 Å². The van der Waals surface area contributed by atoms with E-state index in [-0.39, 0.29) is 0 Å². The third-order valence-electron chi connectivity index (χ3n) is 4.25. The summed E-state index contributed by atoms with van der Waals surface area (Å²) < 4.78 is 0. The predicted octanol–water partition coefficient (Wildman–Crippen LogP) is 1.76. The molecule has 114 valence electrons. The maximum absolute atomic E-state index is 4.54. The molecule has 0 aromatic heterocycles. The normalized spacial score (nSPS) is 21.0. The minimum Gasteiger partial charge on any atom is -0.308 e. The van der Waals surface area contributed by atoms with Crippen LogP contribution in [-0.2, 0) is 0 Å². The second kappa shape index (κ2) is 7.87. The molecule has 1 unspecified atom stereocenters. The van der Waals surface area contributed by atoms with Crippen LogP contribution in [0, 0.1) is 11.3 Å². The maximum atomic E-state index is 4.54. The zero-order valence-corrected chi connectivity index (χ0v) is 14.4. The van der Waals surface area contributed by atoms with Crippen molar-refractivity contribution in [1.29, 1.82) is 0 Å². The second-order valence-electron chi connectivity index (χ2n) is 7.19. The molecule has 0 saturated carbocycles. The van der Waals surface area contributed by atoms with E-state index >= 15 is 0 Å². The summed E-state index contributed by atoms with van der Waals surface area (Å²) in [5, 5.41) is 0. The van der Waals surface area contributed by atoms with E-state index in [9.17, 15) is 0 Å². The van der Waals surface area contributed by atoms with Crippen LogP contribution in [-0.4, -0.2) is 80.4 Å². The van der Waals surface area contributed by atoms with Gasteiger partial charge in [-0.05, 0) is 31.2 Å². The van der Waals surface area contributed by atoms with Gasteiger partial charge >= 0.3 is 0 Å². The van der Waals surface area contributed by atoms with Gasteiger partial charge in [-0.15, -0.1) is 0 Å². The summed E-state index contributed by atoms with van der Waals surface area (Å²) in [5.41, 5.74) is 0.365. The first-order chi connectivity index (χ1) is 8.82. The summed E-state index contributed by atoms with van der Waals surface area (Å²) in [5.74, 6) is 1.67. The van der Waals surface area contributed by atoms with Crippen molar-refractivity contribution in [3.05, 3.63) is 0 Å². The summed E-state index contributed by atoms with van der Waals surface area (Å²) in [7, 11) is 4.30. The highest BCUT2D eigenvalue weighted by atomic mass is 32.1. The van der Waals surface area contributed by atoms with Crippen LogP contribution >= 0.6 is 12.6 Å². The Bertz CT molecular complexity index is 242. The lowest BCUT2D eigenvalue weighted by Crippen LogP contribution is -2.50. The molecule has 0 bridgehead atoms. The van der Waals surface area contributed by atoms with Crippen LogP contribution in [0.5, 0.6) is 0 Å². The average Bonchev–Trinajstić information content (AvgIpc) is 2.33. The summed E-state index contributed by atoms with van der Waals surface area (Å²) in [6, 6.07) is 0. The van der Waals surface area contributed by atoms with Crippen molar-refractivity contribution < 1.29 is 0 Å². The Morgan fingerprint density at radius 3 is 2.00 bits per heavy atom. The fourth-order valence-corrected chi connectivity index (χ4v) is 3.12. The molecule has 19 heavy (non-hydrogen) atoms. The molecule has 0 aliphatic carbocycles. The molecule has 1 aliphatic heterocycles. The van der Waals surface area contributed by atoms with E-state index in [1.807, 2.05) is 0 Å². The first-order valence-corrected chi connectivity index (χ1v) is 8.16. The summed E-state index contributed by atoms with van der Waals surface area (Å²) in [6.45, 7) is 15.5. The molecule has 1 saturated heterocycles. The quantitative estimate of drug-likeness (QED) is 0.746. The molecule has 3 nitrogen and oxygen atoms in total. The molecule has 0 aromatic rings.